The van der Waals surface area contributed by atoms with E-state index in [0.717, 1.165) is 19.4 Å². The molecule has 1 heterocycles. The number of hydrogen-bond donors (Lipinski definition) is 1. The van der Waals surface area contributed by atoms with Gasteiger partial charge in [0.1, 0.15) is 5.82 Å². The number of hydrogen-bond acceptors (Lipinski definition) is 2. The summed E-state index contributed by atoms with van der Waals surface area (Å²) in [6.07, 6.45) is 5.93. The second-order valence-electron chi connectivity index (χ2n) is 5.57. The lowest BCUT2D eigenvalue weighted by Gasteiger charge is -2.36. The van der Waals surface area contributed by atoms with Crippen LogP contribution in [0.1, 0.15) is 50.6 Å². The van der Waals surface area contributed by atoms with Crippen molar-refractivity contribution in [1.29, 1.82) is 0 Å². The van der Waals surface area contributed by atoms with Gasteiger partial charge in [-0.1, -0.05) is 31.4 Å². The third-order valence-corrected chi connectivity index (χ3v) is 4.57. The van der Waals surface area contributed by atoms with Crippen LogP contribution in [0.15, 0.2) is 18.2 Å². The first-order chi connectivity index (χ1) is 9.67. The molecule has 0 bridgehead atoms. The van der Waals surface area contributed by atoms with Crippen molar-refractivity contribution in [2.75, 3.05) is 13.1 Å². The largest absolute Gasteiger partial charge is 0.329 e. The van der Waals surface area contributed by atoms with Crippen LogP contribution in [0.5, 0.6) is 0 Å². The summed E-state index contributed by atoms with van der Waals surface area (Å²) in [6.45, 7) is 3.62. The predicted octanol–water partition coefficient (Wildman–Crippen LogP) is 4.13. The van der Waals surface area contributed by atoms with E-state index < -0.39 is 0 Å². The normalized spacial score (nSPS) is 22.5. The van der Waals surface area contributed by atoms with Crippen molar-refractivity contribution < 1.29 is 4.39 Å². The molecule has 0 saturated carbocycles. The average Bonchev–Trinajstić information content (AvgIpc) is 2.69. The highest BCUT2D eigenvalue weighted by molar-refractivity contribution is 6.30. The zero-order valence-corrected chi connectivity index (χ0v) is 12.9. The van der Waals surface area contributed by atoms with Gasteiger partial charge in [0, 0.05) is 23.2 Å². The quantitative estimate of drug-likeness (QED) is 0.905. The van der Waals surface area contributed by atoms with Crippen LogP contribution >= 0.6 is 11.6 Å². The fourth-order valence-corrected chi connectivity index (χ4v) is 3.44. The molecule has 0 radical (unpaired) electrons. The van der Waals surface area contributed by atoms with Gasteiger partial charge in [-0.25, -0.2) is 4.39 Å². The molecule has 1 aromatic rings. The lowest BCUT2D eigenvalue weighted by Crippen LogP contribution is -2.41. The van der Waals surface area contributed by atoms with Gasteiger partial charge in [-0.2, -0.15) is 0 Å². The zero-order chi connectivity index (χ0) is 14.5. The molecule has 1 fully saturated rings. The van der Waals surface area contributed by atoms with Crippen LogP contribution in [0.2, 0.25) is 5.02 Å². The Hall–Kier alpha value is -0.640. The fourth-order valence-electron chi connectivity index (χ4n) is 3.26. The number of likely N-dealkylation sites (tertiary alicyclic amines) is 1. The Bertz CT molecular complexity index is 438. The van der Waals surface area contributed by atoms with E-state index in [2.05, 4.69) is 11.8 Å². The molecule has 2 rings (SSSR count). The van der Waals surface area contributed by atoms with Gasteiger partial charge in [0.25, 0.3) is 0 Å². The summed E-state index contributed by atoms with van der Waals surface area (Å²) >= 11 is 6.03. The number of halogens is 2. The van der Waals surface area contributed by atoms with Gasteiger partial charge < -0.3 is 5.73 Å². The van der Waals surface area contributed by atoms with E-state index in [0.29, 0.717) is 23.2 Å². The van der Waals surface area contributed by atoms with E-state index in [1.54, 1.807) is 12.1 Å². The molecule has 1 aromatic carbocycles. The molecule has 0 aromatic heterocycles. The molecule has 0 amide bonds. The van der Waals surface area contributed by atoms with E-state index >= 15 is 0 Å². The van der Waals surface area contributed by atoms with E-state index in [9.17, 15) is 4.39 Å². The maximum Gasteiger partial charge on any atom is 0.128 e. The van der Waals surface area contributed by atoms with Crippen LogP contribution in [0.25, 0.3) is 0 Å². The first-order valence-electron chi connectivity index (χ1n) is 7.58. The minimum atomic E-state index is -0.205. The Morgan fingerprint density at radius 3 is 2.90 bits per heavy atom. The molecule has 1 aliphatic rings. The van der Waals surface area contributed by atoms with Crippen LogP contribution in [-0.2, 0) is 0 Å². The second-order valence-corrected chi connectivity index (χ2v) is 6.00. The monoisotopic (exact) mass is 298 g/mol. The van der Waals surface area contributed by atoms with Crippen molar-refractivity contribution >= 4 is 11.6 Å². The highest BCUT2D eigenvalue weighted by atomic mass is 35.5. The van der Waals surface area contributed by atoms with Crippen LogP contribution in [0.4, 0.5) is 4.39 Å². The lowest BCUT2D eigenvalue weighted by atomic mass is 10.00. The van der Waals surface area contributed by atoms with Gasteiger partial charge in [-0.3, -0.25) is 4.90 Å². The van der Waals surface area contributed by atoms with Crippen molar-refractivity contribution in [3.05, 3.63) is 34.6 Å². The summed E-state index contributed by atoms with van der Waals surface area (Å²) in [6, 6.07) is 5.18. The SMILES string of the molecule is CCC1CCCCCN1C(CN)c1cc(Cl)ccc1F. The third kappa shape index (κ3) is 3.51. The lowest BCUT2D eigenvalue weighted by molar-refractivity contribution is 0.133. The molecule has 2 atom stereocenters. The number of nitrogens with zero attached hydrogens (tertiary/aromatic N) is 1. The summed E-state index contributed by atoms with van der Waals surface area (Å²) in [5.41, 5.74) is 6.61. The van der Waals surface area contributed by atoms with Gasteiger partial charge in [-0.15, -0.1) is 0 Å². The van der Waals surface area contributed by atoms with Crippen LogP contribution < -0.4 is 5.73 Å². The maximum absolute atomic E-state index is 14.2. The summed E-state index contributed by atoms with van der Waals surface area (Å²) < 4.78 is 14.2. The molecule has 0 spiro atoms. The Morgan fingerprint density at radius 1 is 1.40 bits per heavy atom. The first kappa shape index (κ1) is 15.7. The second kappa shape index (κ2) is 7.39. The van der Waals surface area contributed by atoms with Crippen molar-refractivity contribution in [2.24, 2.45) is 5.73 Å². The van der Waals surface area contributed by atoms with Gasteiger partial charge in [-0.05, 0) is 44.0 Å². The van der Waals surface area contributed by atoms with E-state index in [1.807, 2.05) is 0 Å². The average molecular weight is 299 g/mol. The molecule has 1 aliphatic heterocycles. The number of rotatable bonds is 4. The summed E-state index contributed by atoms with van der Waals surface area (Å²) in [5, 5.41) is 0.572. The molecule has 1 saturated heterocycles. The van der Waals surface area contributed by atoms with Gasteiger partial charge in [0.05, 0.1) is 6.04 Å². The zero-order valence-electron chi connectivity index (χ0n) is 12.1. The number of benzene rings is 1. The minimum absolute atomic E-state index is 0.0725. The Morgan fingerprint density at radius 2 is 2.20 bits per heavy atom. The van der Waals surface area contributed by atoms with Crippen molar-refractivity contribution in [2.45, 2.75) is 51.1 Å². The van der Waals surface area contributed by atoms with Gasteiger partial charge in [0.15, 0.2) is 0 Å². The highest BCUT2D eigenvalue weighted by Gasteiger charge is 2.28. The Labute approximate surface area is 126 Å². The molecule has 20 heavy (non-hydrogen) atoms. The van der Waals surface area contributed by atoms with E-state index in [1.165, 1.54) is 25.3 Å². The summed E-state index contributed by atoms with van der Waals surface area (Å²) in [4.78, 5) is 2.39. The van der Waals surface area contributed by atoms with E-state index in [-0.39, 0.29) is 11.9 Å². The summed E-state index contributed by atoms with van der Waals surface area (Å²) in [7, 11) is 0. The number of nitrogens with two attached hydrogens (primary N) is 1. The molecular weight excluding hydrogens is 275 g/mol. The van der Waals surface area contributed by atoms with E-state index in [4.69, 9.17) is 17.3 Å². The highest BCUT2D eigenvalue weighted by Crippen LogP contribution is 2.31. The smallest absolute Gasteiger partial charge is 0.128 e. The first-order valence-corrected chi connectivity index (χ1v) is 7.96. The molecule has 2 N–H and O–H groups in total. The van der Waals surface area contributed by atoms with Gasteiger partial charge in [0.2, 0.25) is 0 Å². The molecule has 4 heteroatoms. The predicted molar refractivity (Wildman–Crippen MR) is 82.5 cm³/mol. The van der Waals surface area contributed by atoms with Crippen molar-refractivity contribution in [1.82, 2.24) is 4.90 Å². The summed E-state index contributed by atoms with van der Waals surface area (Å²) in [5.74, 6) is -0.205. The van der Waals surface area contributed by atoms with Gasteiger partial charge >= 0.3 is 0 Å². The Balaban J connectivity index is 2.31. The molecule has 2 unspecified atom stereocenters. The molecule has 112 valence electrons. The minimum Gasteiger partial charge on any atom is -0.329 e. The van der Waals surface area contributed by atoms with Crippen LogP contribution in [0, 0.1) is 5.82 Å². The molecule has 0 aliphatic carbocycles. The topological polar surface area (TPSA) is 29.3 Å². The molecular formula is C16H24ClFN2. The van der Waals surface area contributed by atoms with Crippen LogP contribution in [-0.4, -0.2) is 24.0 Å². The van der Waals surface area contributed by atoms with Crippen molar-refractivity contribution in [3.8, 4) is 0 Å². The van der Waals surface area contributed by atoms with Crippen LogP contribution in [0.3, 0.4) is 0 Å². The van der Waals surface area contributed by atoms with Crippen molar-refractivity contribution in [3.63, 3.8) is 0 Å². The standard InChI is InChI=1S/C16H24ClFN2/c1-2-13-6-4-3-5-9-20(13)16(11-19)14-10-12(17)7-8-15(14)18/h7-8,10,13,16H,2-6,9,11,19H2,1H3. The maximum atomic E-state index is 14.2. The fraction of sp³-hybridized carbons (Fsp3) is 0.625. The Kier molecular flexibility index (Phi) is 5.82. The molecule has 2 nitrogen and oxygen atoms in total. The third-order valence-electron chi connectivity index (χ3n) is 4.33.